The summed E-state index contributed by atoms with van der Waals surface area (Å²) in [6.07, 6.45) is 3.20. The summed E-state index contributed by atoms with van der Waals surface area (Å²) in [6, 6.07) is 18.5. The van der Waals surface area contributed by atoms with E-state index in [0.717, 1.165) is 10.2 Å². The molecule has 0 saturated carbocycles. The number of amidine groups is 1. The van der Waals surface area contributed by atoms with Gasteiger partial charge < -0.3 is 9.84 Å². The third kappa shape index (κ3) is 5.17. The topological polar surface area (TPSA) is 79.1 Å². The summed E-state index contributed by atoms with van der Waals surface area (Å²) in [7, 11) is 0. The van der Waals surface area contributed by atoms with Gasteiger partial charge in [-0.1, -0.05) is 40.2 Å². The Kier molecular flexibility index (Phi) is 6.75. The third-order valence-electron chi connectivity index (χ3n) is 3.65. The van der Waals surface area contributed by atoms with Gasteiger partial charge in [0, 0.05) is 16.2 Å². The van der Waals surface area contributed by atoms with Crippen LogP contribution >= 0.6 is 15.9 Å². The maximum atomic E-state index is 10.4. The van der Waals surface area contributed by atoms with E-state index in [4.69, 9.17) is 4.74 Å². The Hall–Kier alpha value is -3.19. The fraction of sp³-hybridized carbons (Fsp3) is 0.0952. The molecule has 3 aromatic rings. The number of benzene rings is 2. The second-order valence-electron chi connectivity index (χ2n) is 5.66. The first-order chi connectivity index (χ1) is 13.7. The van der Waals surface area contributed by atoms with E-state index in [1.165, 1.54) is 6.21 Å². The van der Waals surface area contributed by atoms with E-state index in [9.17, 15) is 5.11 Å². The average molecular weight is 439 g/mol. The molecule has 0 aliphatic rings. The van der Waals surface area contributed by atoms with Crippen LogP contribution < -0.4 is 10.2 Å². The number of halogens is 1. The van der Waals surface area contributed by atoms with E-state index in [-0.39, 0.29) is 5.75 Å². The first-order valence-corrected chi connectivity index (χ1v) is 9.46. The Morgan fingerprint density at radius 1 is 1.18 bits per heavy atom. The predicted octanol–water partition coefficient (Wildman–Crippen LogP) is 4.65. The number of ether oxygens (including phenoxy) is 1. The predicted molar refractivity (Wildman–Crippen MR) is 115 cm³/mol. The molecule has 0 aliphatic carbocycles. The minimum Gasteiger partial charge on any atom is -0.504 e. The van der Waals surface area contributed by atoms with Crippen LogP contribution in [0.15, 0.2) is 81.4 Å². The van der Waals surface area contributed by atoms with Crippen molar-refractivity contribution in [2.45, 2.75) is 6.92 Å². The molecule has 0 amide bonds. The zero-order chi connectivity index (χ0) is 19.8. The number of rotatable bonds is 6. The van der Waals surface area contributed by atoms with Gasteiger partial charge in [0.25, 0.3) is 0 Å². The minimum absolute atomic E-state index is 0.0231. The first kappa shape index (κ1) is 19.6. The molecule has 7 heteroatoms. The lowest BCUT2D eigenvalue weighted by Gasteiger charge is -2.09. The summed E-state index contributed by atoms with van der Waals surface area (Å²) in [4.78, 5) is 8.91. The molecule has 6 nitrogen and oxygen atoms in total. The molecular formula is C21H19BrN4O2. The molecule has 28 heavy (non-hydrogen) atoms. The van der Waals surface area contributed by atoms with Gasteiger partial charge in [0.2, 0.25) is 0 Å². The Labute approximate surface area is 171 Å². The van der Waals surface area contributed by atoms with E-state index < -0.39 is 0 Å². The van der Waals surface area contributed by atoms with Crippen molar-refractivity contribution in [3.05, 3.63) is 82.6 Å². The number of phenolic OH excluding ortho intramolecular Hbond substituents is 1. The van der Waals surface area contributed by atoms with E-state index in [1.807, 2.05) is 55.5 Å². The van der Waals surface area contributed by atoms with Crippen LogP contribution in [-0.4, -0.2) is 28.7 Å². The van der Waals surface area contributed by atoms with Crippen LogP contribution in [0.5, 0.6) is 11.5 Å². The van der Waals surface area contributed by atoms with Gasteiger partial charge in [0.15, 0.2) is 17.3 Å². The smallest absolute Gasteiger partial charge is 0.172 e. The van der Waals surface area contributed by atoms with Crippen LogP contribution in [0.2, 0.25) is 0 Å². The Bertz CT molecular complexity index is 976. The monoisotopic (exact) mass is 438 g/mol. The third-order valence-corrected chi connectivity index (χ3v) is 4.11. The summed E-state index contributed by atoms with van der Waals surface area (Å²) in [5.41, 5.74) is 4.85. The normalized spacial score (nSPS) is 11.6. The maximum absolute atomic E-state index is 10.4. The van der Waals surface area contributed by atoms with Crippen molar-refractivity contribution in [1.29, 1.82) is 0 Å². The number of nitrogens with zero attached hydrogens (tertiary/aromatic N) is 3. The number of aliphatic imine (C=N–C) groups is 1. The van der Waals surface area contributed by atoms with Crippen LogP contribution in [0.4, 0.5) is 5.69 Å². The maximum Gasteiger partial charge on any atom is 0.172 e. The number of para-hydroxylation sites is 1. The second-order valence-corrected chi connectivity index (χ2v) is 6.57. The number of hydrazone groups is 1. The fourth-order valence-corrected chi connectivity index (χ4v) is 2.85. The molecule has 0 unspecified atom stereocenters. The molecule has 1 aromatic heterocycles. The first-order valence-electron chi connectivity index (χ1n) is 8.67. The van der Waals surface area contributed by atoms with E-state index >= 15 is 0 Å². The molecule has 2 aromatic carbocycles. The zero-order valence-corrected chi connectivity index (χ0v) is 16.8. The SMILES string of the molecule is CCOc1cc(Br)cc(C=NNC(=Nc2ccccc2)c2ccccn2)c1O. The highest BCUT2D eigenvalue weighted by Gasteiger charge is 2.09. The summed E-state index contributed by atoms with van der Waals surface area (Å²) < 4.78 is 6.21. The highest BCUT2D eigenvalue weighted by atomic mass is 79.9. The summed E-state index contributed by atoms with van der Waals surface area (Å²) >= 11 is 3.41. The minimum atomic E-state index is 0.0231. The van der Waals surface area contributed by atoms with Crippen molar-refractivity contribution in [1.82, 2.24) is 10.4 Å². The number of nitrogens with one attached hydrogen (secondary N) is 1. The van der Waals surface area contributed by atoms with Gasteiger partial charge in [0.1, 0.15) is 5.69 Å². The molecule has 0 aliphatic heterocycles. The van der Waals surface area contributed by atoms with E-state index in [2.05, 4.69) is 36.4 Å². The van der Waals surface area contributed by atoms with Gasteiger partial charge >= 0.3 is 0 Å². The number of aromatic nitrogens is 1. The lowest BCUT2D eigenvalue weighted by molar-refractivity contribution is 0.317. The van der Waals surface area contributed by atoms with Crippen LogP contribution in [0.1, 0.15) is 18.2 Å². The molecule has 2 N–H and O–H groups in total. The van der Waals surface area contributed by atoms with Crippen molar-refractivity contribution in [2.75, 3.05) is 6.61 Å². The van der Waals surface area contributed by atoms with Gasteiger partial charge in [-0.2, -0.15) is 5.10 Å². The summed E-state index contributed by atoms with van der Waals surface area (Å²) in [6.45, 7) is 2.31. The van der Waals surface area contributed by atoms with Gasteiger partial charge in [-0.25, -0.2) is 4.99 Å². The number of hydrogen-bond acceptors (Lipinski definition) is 5. The number of pyridine rings is 1. The molecule has 0 radical (unpaired) electrons. The average Bonchev–Trinajstić information content (AvgIpc) is 2.72. The molecule has 0 saturated heterocycles. The highest BCUT2D eigenvalue weighted by Crippen LogP contribution is 2.32. The van der Waals surface area contributed by atoms with Gasteiger partial charge in [0.05, 0.1) is 18.5 Å². The van der Waals surface area contributed by atoms with Crippen LogP contribution in [0.3, 0.4) is 0 Å². The molecule has 0 spiro atoms. The molecule has 1 heterocycles. The van der Waals surface area contributed by atoms with Crippen LogP contribution in [-0.2, 0) is 0 Å². The van der Waals surface area contributed by atoms with E-state index in [0.29, 0.717) is 29.4 Å². The number of aromatic hydroxyl groups is 1. The molecule has 3 rings (SSSR count). The lowest BCUT2D eigenvalue weighted by Crippen LogP contribution is -2.20. The standard InChI is InChI=1S/C21H19BrN4O2/c1-2-28-19-13-16(22)12-15(20(19)27)14-24-26-21(18-10-6-7-11-23-18)25-17-8-4-3-5-9-17/h3-14,27H,2H2,1H3,(H,25,26). The fourth-order valence-electron chi connectivity index (χ4n) is 2.40. The van der Waals surface area contributed by atoms with Gasteiger partial charge in [-0.05, 0) is 43.3 Å². The molecule has 142 valence electrons. The molecule has 0 fully saturated rings. The van der Waals surface area contributed by atoms with Gasteiger partial charge in [-0.3, -0.25) is 10.4 Å². The number of phenols is 1. The quantitative estimate of drug-likeness (QED) is 0.333. The zero-order valence-electron chi connectivity index (χ0n) is 15.2. The van der Waals surface area contributed by atoms with Crippen molar-refractivity contribution in [3.63, 3.8) is 0 Å². The Balaban J connectivity index is 1.88. The Morgan fingerprint density at radius 3 is 2.68 bits per heavy atom. The second kappa shape index (κ2) is 9.66. The number of hydrogen-bond donors (Lipinski definition) is 2. The van der Waals surface area contributed by atoms with Crippen LogP contribution in [0, 0.1) is 0 Å². The van der Waals surface area contributed by atoms with Crippen LogP contribution in [0.25, 0.3) is 0 Å². The largest absolute Gasteiger partial charge is 0.504 e. The molecule has 0 bridgehead atoms. The lowest BCUT2D eigenvalue weighted by atomic mass is 10.2. The highest BCUT2D eigenvalue weighted by molar-refractivity contribution is 9.10. The van der Waals surface area contributed by atoms with E-state index in [1.54, 1.807) is 18.3 Å². The van der Waals surface area contributed by atoms with Crippen molar-refractivity contribution >= 4 is 33.7 Å². The van der Waals surface area contributed by atoms with Crippen molar-refractivity contribution in [2.24, 2.45) is 10.1 Å². The molecule has 0 atom stereocenters. The van der Waals surface area contributed by atoms with Crippen molar-refractivity contribution < 1.29 is 9.84 Å². The summed E-state index contributed by atoms with van der Waals surface area (Å²) in [5.74, 6) is 0.902. The van der Waals surface area contributed by atoms with Crippen molar-refractivity contribution in [3.8, 4) is 11.5 Å². The molecular weight excluding hydrogens is 420 g/mol. The van der Waals surface area contributed by atoms with Gasteiger partial charge in [-0.15, -0.1) is 0 Å². The summed E-state index contributed by atoms with van der Waals surface area (Å²) in [5, 5.41) is 14.6. The Morgan fingerprint density at radius 2 is 1.96 bits per heavy atom.